The summed E-state index contributed by atoms with van der Waals surface area (Å²) in [5.41, 5.74) is 1.84. The smallest absolute Gasteiger partial charge is 0.346 e. The number of rotatable bonds is 6. The molecule has 1 atom stereocenters. The van der Waals surface area contributed by atoms with Crippen LogP contribution in [0.5, 0.6) is 5.75 Å². The fourth-order valence-electron chi connectivity index (χ4n) is 4.50. The van der Waals surface area contributed by atoms with E-state index < -0.39 is 23.3 Å². The maximum absolute atomic E-state index is 13.4. The van der Waals surface area contributed by atoms with Gasteiger partial charge in [-0.05, 0) is 73.5 Å². The molecule has 5 rings (SSSR count). The molecule has 1 aliphatic heterocycles. The van der Waals surface area contributed by atoms with E-state index in [9.17, 15) is 18.8 Å². The van der Waals surface area contributed by atoms with Crippen LogP contribution in [-0.4, -0.2) is 40.5 Å². The Morgan fingerprint density at radius 1 is 1.05 bits per heavy atom. The molecule has 1 saturated heterocycles. The van der Waals surface area contributed by atoms with Crippen molar-refractivity contribution in [3.05, 3.63) is 107 Å². The summed E-state index contributed by atoms with van der Waals surface area (Å²) in [6.45, 7) is 3.38. The molecule has 3 heterocycles. The number of hydrogen-bond donors (Lipinski definition) is 1. The number of methoxy groups -OCH3 is 1. The number of pyridine rings is 1. The van der Waals surface area contributed by atoms with Crippen LogP contribution >= 0.6 is 0 Å². The summed E-state index contributed by atoms with van der Waals surface area (Å²) in [4.78, 5) is 39.4. The molecule has 0 saturated carbocycles. The third kappa shape index (κ3) is 3.94. The Labute approximate surface area is 212 Å². The van der Waals surface area contributed by atoms with Gasteiger partial charge in [0.05, 0.1) is 24.5 Å². The van der Waals surface area contributed by atoms with Crippen LogP contribution in [0.1, 0.15) is 39.7 Å². The van der Waals surface area contributed by atoms with Gasteiger partial charge in [0.1, 0.15) is 17.1 Å². The quantitative estimate of drug-likeness (QED) is 0.242. The van der Waals surface area contributed by atoms with Crippen molar-refractivity contribution in [2.45, 2.75) is 19.4 Å². The monoisotopic (exact) mass is 498 g/mol. The maximum Gasteiger partial charge on any atom is 0.346 e. The Balaban J connectivity index is 1.51. The first-order chi connectivity index (χ1) is 17.7. The number of aromatic nitrogens is 1. The number of ketones is 1. The molecule has 186 valence electrons. The number of carbonyl (C=O) groups is 3. The van der Waals surface area contributed by atoms with Gasteiger partial charge in [-0.3, -0.25) is 9.59 Å². The molecule has 3 amide bonds. The first-order valence-corrected chi connectivity index (χ1v) is 11.5. The van der Waals surface area contributed by atoms with E-state index in [1.807, 2.05) is 12.1 Å². The molecule has 4 aromatic rings. The van der Waals surface area contributed by atoms with Crippen LogP contribution in [0.3, 0.4) is 0 Å². The molecule has 0 radical (unpaired) electrons. The van der Waals surface area contributed by atoms with Crippen LogP contribution in [0, 0.1) is 12.7 Å². The number of hydrazone groups is 1. The number of halogens is 1. The molecule has 37 heavy (non-hydrogen) atoms. The lowest BCUT2D eigenvalue weighted by Crippen LogP contribution is -2.40. The van der Waals surface area contributed by atoms with E-state index in [0.29, 0.717) is 39.2 Å². The van der Waals surface area contributed by atoms with Crippen molar-refractivity contribution in [1.82, 2.24) is 14.7 Å². The highest BCUT2D eigenvalue weighted by molar-refractivity contribution is 6.12. The number of fused-ring (bicyclic) bond motifs is 1. The molecule has 0 spiro atoms. The van der Waals surface area contributed by atoms with E-state index in [4.69, 9.17) is 4.74 Å². The van der Waals surface area contributed by atoms with Gasteiger partial charge >= 0.3 is 6.03 Å². The van der Waals surface area contributed by atoms with Crippen molar-refractivity contribution >= 4 is 29.5 Å². The molecule has 1 aliphatic rings. The van der Waals surface area contributed by atoms with Gasteiger partial charge in [-0.1, -0.05) is 18.2 Å². The standard InChI is InChI=1S/C28H23FN4O4/c1-17-22(23-6-4-5-15-32(23)24(17)25(34)18-7-11-20(29)12-8-18)16-30-33-26(35)28(2,31-27(33)36)19-9-13-21(37-3)14-10-19/h4-16H,1-3H3,(H,31,36)/b30-16+. The highest BCUT2D eigenvalue weighted by atomic mass is 19.1. The van der Waals surface area contributed by atoms with E-state index in [1.165, 1.54) is 30.5 Å². The normalized spacial score (nSPS) is 17.6. The van der Waals surface area contributed by atoms with Gasteiger partial charge in [0.15, 0.2) is 0 Å². The molecular weight excluding hydrogens is 475 g/mol. The molecule has 1 N–H and O–H groups in total. The molecule has 2 aromatic heterocycles. The van der Waals surface area contributed by atoms with E-state index in [2.05, 4.69) is 10.4 Å². The predicted molar refractivity (Wildman–Crippen MR) is 135 cm³/mol. The van der Waals surface area contributed by atoms with Gasteiger partial charge in [-0.2, -0.15) is 5.10 Å². The van der Waals surface area contributed by atoms with Gasteiger partial charge in [-0.15, -0.1) is 5.01 Å². The van der Waals surface area contributed by atoms with Crippen molar-refractivity contribution in [2.75, 3.05) is 7.11 Å². The zero-order chi connectivity index (χ0) is 26.3. The van der Waals surface area contributed by atoms with E-state index in [0.717, 1.165) is 5.01 Å². The fourth-order valence-corrected chi connectivity index (χ4v) is 4.50. The number of imide groups is 1. The van der Waals surface area contributed by atoms with Crippen LogP contribution < -0.4 is 10.1 Å². The van der Waals surface area contributed by atoms with Crippen LogP contribution in [0.2, 0.25) is 0 Å². The van der Waals surface area contributed by atoms with Gasteiger partial charge in [0.2, 0.25) is 5.78 Å². The van der Waals surface area contributed by atoms with Crippen molar-refractivity contribution < 1.29 is 23.5 Å². The molecule has 1 fully saturated rings. The van der Waals surface area contributed by atoms with Crippen LogP contribution in [0.4, 0.5) is 9.18 Å². The highest BCUT2D eigenvalue weighted by Gasteiger charge is 2.49. The SMILES string of the molecule is COc1ccc(C2(C)NC(=O)N(/N=C/c3c(C)c(C(=O)c4ccc(F)cc4)n4ccccc34)C2=O)cc1. The van der Waals surface area contributed by atoms with Crippen molar-refractivity contribution in [2.24, 2.45) is 5.10 Å². The fraction of sp³-hybridized carbons (Fsp3) is 0.143. The lowest BCUT2D eigenvalue weighted by atomic mass is 9.92. The van der Waals surface area contributed by atoms with Gasteiger partial charge in [-0.25, -0.2) is 9.18 Å². The summed E-state index contributed by atoms with van der Waals surface area (Å²) in [6.07, 6.45) is 3.15. The third-order valence-electron chi connectivity index (χ3n) is 6.60. The number of benzene rings is 2. The minimum Gasteiger partial charge on any atom is -0.497 e. The van der Waals surface area contributed by atoms with E-state index in [1.54, 1.807) is 61.9 Å². The number of nitrogens with one attached hydrogen (secondary N) is 1. The number of carbonyl (C=O) groups excluding carboxylic acids is 3. The highest BCUT2D eigenvalue weighted by Crippen LogP contribution is 2.31. The average Bonchev–Trinajstić information content (AvgIpc) is 3.31. The maximum atomic E-state index is 13.4. The summed E-state index contributed by atoms with van der Waals surface area (Å²) in [7, 11) is 1.54. The largest absolute Gasteiger partial charge is 0.497 e. The molecule has 8 nitrogen and oxygen atoms in total. The Morgan fingerprint density at radius 2 is 1.76 bits per heavy atom. The van der Waals surface area contributed by atoms with Crippen molar-refractivity contribution in [3.8, 4) is 5.75 Å². The summed E-state index contributed by atoms with van der Waals surface area (Å²) < 4.78 is 20.3. The molecule has 0 bridgehead atoms. The van der Waals surface area contributed by atoms with Gasteiger partial charge in [0, 0.05) is 17.3 Å². The lowest BCUT2D eigenvalue weighted by Gasteiger charge is -2.21. The second kappa shape index (κ2) is 9.02. The van der Waals surface area contributed by atoms with Gasteiger partial charge in [0.25, 0.3) is 5.91 Å². The van der Waals surface area contributed by atoms with E-state index in [-0.39, 0.29) is 5.78 Å². The number of hydrogen-bond acceptors (Lipinski definition) is 5. The first-order valence-electron chi connectivity index (χ1n) is 11.5. The summed E-state index contributed by atoms with van der Waals surface area (Å²) in [6, 6.07) is 16.9. The van der Waals surface area contributed by atoms with Crippen LogP contribution in [0.15, 0.2) is 78.0 Å². The van der Waals surface area contributed by atoms with E-state index >= 15 is 0 Å². The topological polar surface area (TPSA) is 92.5 Å². The average molecular weight is 499 g/mol. The van der Waals surface area contributed by atoms with Gasteiger partial charge < -0.3 is 14.5 Å². The molecule has 2 aromatic carbocycles. The predicted octanol–water partition coefficient (Wildman–Crippen LogP) is 4.43. The second-order valence-corrected chi connectivity index (χ2v) is 8.82. The first kappa shape index (κ1) is 23.9. The molecule has 1 unspecified atom stereocenters. The zero-order valence-corrected chi connectivity index (χ0v) is 20.4. The number of ether oxygens (including phenoxy) is 1. The summed E-state index contributed by atoms with van der Waals surface area (Å²) >= 11 is 0. The van der Waals surface area contributed by atoms with Crippen molar-refractivity contribution in [3.63, 3.8) is 0 Å². The molecule has 0 aliphatic carbocycles. The number of amides is 3. The summed E-state index contributed by atoms with van der Waals surface area (Å²) in [5, 5.41) is 7.73. The zero-order valence-electron chi connectivity index (χ0n) is 20.4. The summed E-state index contributed by atoms with van der Waals surface area (Å²) in [5.74, 6) is -0.638. The Kier molecular flexibility index (Phi) is 5.83. The van der Waals surface area contributed by atoms with Crippen LogP contribution in [0.25, 0.3) is 5.52 Å². The Bertz CT molecular complexity index is 1570. The van der Waals surface area contributed by atoms with Crippen molar-refractivity contribution in [1.29, 1.82) is 0 Å². The minimum atomic E-state index is -1.30. The molecular formula is C28H23FN4O4. The lowest BCUT2D eigenvalue weighted by molar-refractivity contribution is -0.131. The Hall–Kier alpha value is -4.79. The number of urea groups is 1. The molecule has 9 heteroatoms. The second-order valence-electron chi connectivity index (χ2n) is 8.82. The third-order valence-corrected chi connectivity index (χ3v) is 6.60. The minimum absolute atomic E-state index is 0.291. The Morgan fingerprint density at radius 3 is 2.43 bits per heavy atom. The number of nitrogens with zero attached hydrogens (tertiary/aromatic N) is 3. The van der Waals surface area contributed by atoms with Crippen LogP contribution in [-0.2, 0) is 10.3 Å².